The molecule has 5 nitrogen and oxygen atoms in total. The van der Waals surface area contributed by atoms with E-state index in [-0.39, 0.29) is 11.8 Å². The molecule has 0 atom stereocenters. The second-order valence-electron chi connectivity index (χ2n) is 6.16. The van der Waals surface area contributed by atoms with E-state index < -0.39 is 0 Å². The molecule has 128 valence electrons. The van der Waals surface area contributed by atoms with Crippen molar-refractivity contribution < 1.29 is 9.59 Å². The molecule has 2 amide bonds. The predicted octanol–water partition coefficient (Wildman–Crippen LogP) is 3.22. The van der Waals surface area contributed by atoms with Crippen LogP contribution in [0.1, 0.15) is 26.5 Å². The van der Waals surface area contributed by atoms with Crippen LogP contribution >= 0.6 is 11.3 Å². The number of hydrogen-bond donors (Lipinski definition) is 1. The zero-order valence-electron chi connectivity index (χ0n) is 13.8. The van der Waals surface area contributed by atoms with Crippen LogP contribution in [0.2, 0.25) is 0 Å². The smallest absolute Gasteiger partial charge is 0.263 e. The van der Waals surface area contributed by atoms with Crippen LogP contribution in [0.15, 0.2) is 48.0 Å². The summed E-state index contributed by atoms with van der Waals surface area (Å²) < 4.78 is 0. The summed E-state index contributed by atoms with van der Waals surface area (Å²) in [4.78, 5) is 33.1. The van der Waals surface area contributed by atoms with Crippen molar-refractivity contribution in [2.45, 2.75) is 6.42 Å². The average Bonchev–Trinajstić information content (AvgIpc) is 3.25. The number of H-pyrrole nitrogens is 1. The van der Waals surface area contributed by atoms with E-state index in [0.717, 1.165) is 22.2 Å². The Labute approximate surface area is 149 Å². The Morgan fingerprint density at radius 3 is 2.44 bits per heavy atom. The fourth-order valence-electron chi connectivity index (χ4n) is 3.30. The number of thiophene rings is 1. The van der Waals surface area contributed by atoms with Gasteiger partial charge >= 0.3 is 0 Å². The molecule has 1 N–H and O–H groups in total. The Hall–Kier alpha value is -2.60. The van der Waals surface area contributed by atoms with Gasteiger partial charge in [0.25, 0.3) is 11.8 Å². The van der Waals surface area contributed by atoms with E-state index in [2.05, 4.69) is 4.98 Å². The third-order valence-electron chi connectivity index (χ3n) is 4.62. The monoisotopic (exact) mass is 353 g/mol. The molecule has 3 aromatic rings. The normalized spacial score (nSPS) is 15.4. The Balaban J connectivity index is 1.49. The topological polar surface area (TPSA) is 56.4 Å². The van der Waals surface area contributed by atoms with Gasteiger partial charge in [-0.1, -0.05) is 24.3 Å². The number of carbonyl (C=O) groups excluding carboxylic acids is 2. The van der Waals surface area contributed by atoms with Gasteiger partial charge in [0.15, 0.2) is 0 Å². The van der Waals surface area contributed by atoms with Crippen molar-refractivity contribution in [3.63, 3.8) is 0 Å². The summed E-state index contributed by atoms with van der Waals surface area (Å²) in [5.41, 5.74) is 1.67. The van der Waals surface area contributed by atoms with Gasteiger partial charge in [0.2, 0.25) is 0 Å². The van der Waals surface area contributed by atoms with Gasteiger partial charge in [0.1, 0.15) is 0 Å². The number of benzene rings is 1. The standard InChI is InChI=1S/C19H19N3O2S/c23-18(15-13-20-16-6-2-1-5-14(15)16)21-8-4-9-22(11-10-21)19(24)17-7-3-12-25-17/h1-3,5-7,12-13,20H,4,8-11H2. The number of rotatable bonds is 2. The first-order valence-corrected chi connectivity index (χ1v) is 9.30. The van der Waals surface area contributed by atoms with Crippen molar-refractivity contribution in [3.8, 4) is 0 Å². The summed E-state index contributed by atoms with van der Waals surface area (Å²) in [5, 5.41) is 2.86. The molecule has 0 spiro atoms. The van der Waals surface area contributed by atoms with Crippen LogP contribution in [0.5, 0.6) is 0 Å². The van der Waals surface area contributed by atoms with Gasteiger partial charge in [-0.05, 0) is 23.9 Å². The summed E-state index contributed by atoms with van der Waals surface area (Å²) in [6.07, 6.45) is 2.58. The number of nitrogens with zero attached hydrogens (tertiary/aromatic N) is 2. The number of aromatic nitrogens is 1. The minimum absolute atomic E-state index is 0.0304. The molecule has 1 aliphatic rings. The van der Waals surface area contributed by atoms with E-state index in [1.807, 2.05) is 51.6 Å². The van der Waals surface area contributed by atoms with Crippen LogP contribution < -0.4 is 0 Å². The van der Waals surface area contributed by atoms with E-state index in [4.69, 9.17) is 0 Å². The van der Waals surface area contributed by atoms with Crippen molar-refractivity contribution in [1.29, 1.82) is 0 Å². The first-order chi connectivity index (χ1) is 12.2. The van der Waals surface area contributed by atoms with Crippen molar-refractivity contribution in [2.75, 3.05) is 26.2 Å². The Morgan fingerprint density at radius 2 is 1.68 bits per heavy atom. The molecule has 2 aromatic heterocycles. The molecule has 0 unspecified atom stereocenters. The van der Waals surface area contributed by atoms with Crippen LogP contribution in [0, 0.1) is 0 Å². The van der Waals surface area contributed by atoms with Gasteiger partial charge < -0.3 is 14.8 Å². The third-order valence-corrected chi connectivity index (χ3v) is 5.48. The molecular weight excluding hydrogens is 334 g/mol. The molecule has 0 radical (unpaired) electrons. The van der Waals surface area contributed by atoms with Crippen LogP contribution in [0.4, 0.5) is 0 Å². The van der Waals surface area contributed by atoms with E-state index in [1.165, 1.54) is 11.3 Å². The van der Waals surface area contributed by atoms with E-state index >= 15 is 0 Å². The summed E-state index contributed by atoms with van der Waals surface area (Å²) in [7, 11) is 0. The summed E-state index contributed by atoms with van der Waals surface area (Å²) >= 11 is 1.46. The number of amides is 2. The summed E-state index contributed by atoms with van der Waals surface area (Å²) in [6, 6.07) is 11.6. The number of hydrogen-bond acceptors (Lipinski definition) is 3. The Kier molecular flexibility index (Phi) is 4.28. The van der Waals surface area contributed by atoms with Gasteiger partial charge in [-0.25, -0.2) is 0 Å². The van der Waals surface area contributed by atoms with Crippen LogP contribution in [-0.2, 0) is 0 Å². The number of fused-ring (bicyclic) bond motifs is 1. The van der Waals surface area contributed by atoms with Gasteiger partial charge in [-0.2, -0.15) is 0 Å². The highest BCUT2D eigenvalue weighted by molar-refractivity contribution is 7.12. The number of aromatic amines is 1. The molecule has 6 heteroatoms. The molecule has 1 aromatic carbocycles. The lowest BCUT2D eigenvalue weighted by molar-refractivity contribution is 0.0722. The number of para-hydroxylation sites is 1. The lowest BCUT2D eigenvalue weighted by atomic mass is 10.1. The minimum atomic E-state index is 0.0304. The van der Waals surface area contributed by atoms with Crippen molar-refractivity contribution in [1.82, 2.24) is 14.8 Å². The molecule has 0 saturated carbocycles. The molecule has 1 aliphatic heterocycles. The van der Waals surface area contributed by atoms with Crippen LogP contribution in [0.3, 0.4) is 0 Å². The highest BCUT2D eigenvalue weighted by atomic mass is 32.1. The molecule has 1 saturated heterocycles. The maximum absolute atomic E-state index is 12.9. The van der Waals surface area contributed by atoms with E-state index in [0.29, 0.717) is 31.7 Å². The fourth-order valence-corrected chi connectivity index (χ4v) is 3.99. The lowest BCUT2D eigenvalue weighted by Crippen LogP contribution is -2.37. The second-order valence-corrected chi connectivity index (χ2v) is 7.11. The number of nitrogens with one attached hydrogen (secondary N) is 1. The molecule has 3 heterocycles. The highest BCUT2D eigenvalue weighted by Gasteiger charge is 2.25. The first kappa shape index (κ1) is 15.9. The van der Waals surface area contributed by atoms with Crippen molar-refractivity contribution in [3.05, 3.63) is 58.4 Å². The quantitative estimate of drug-likeness (QED) is 0.769. The molecule has 0 bridgehead atoms. The number of carbonyl (C=O) groups is 2. The van der Waals surface area contributed by atoms with Crippen molar-refractivity contribution >= 4 is 34.1 Å². The van der Waals surface area contributed by atoms with E-state index in [1.54, 1.807) is 6.20 Å². The first-order valence-electron chi connectivity index (χ1n) is 8.42. The Bertz CT molecular complexity index is 900. The summed E-state index contributed by atoms with van der Waals surface area (Å²) in [5.74, 6) is 0.0965. The maximum Gasteiger partial charge on any atom is 0.263 e. The predicted molar refractivity (Wildman–Crippen MR) is 99.0 cm³/mol. The third kappa shape index (κ3) is 3.05. The van der Waals surface area contributed by atoms with Gasteiger partial charge in [0, 0.05) is 43.3 Å². The molecule has 0 aliphatic carbocycles. The molecule has 4 rings (SSSR count). The van der Waals surface area contributed by atoms with Crippen LogP contribution in [0.25, 0.3) is 10.9 Å². The fraction of sp³-hybridized carbons (Fsp3) is 0.263. The average molecular weight is 353 g/mol. The maximum atomic E-state index is 12.9. The van der Waals surface area contributed by atoms with Gasteiger partial charge in [-0.3, -0.25) is 9.59 Å². The SMILES string of the molecule is O=C(c1cccs1)N1CCCN(C(=O)c2c[nH]c3ccccc23)CC1. The second kappa shape index (κ2) is 6.72. The molecule has 1 fully saturated rings. The zero-order chi connectivity index (χ0) is 17.2. The minimum Gasteiger partial charge on any atom is -0.360 e. The molecular formula is C19H19N3O2S. The highest BCUT2D eigenvalue weighted by Crippen LogP contribution is 2.20. The largest absolute Gasteiger partial charge is 0.360 e. The van der Waals surface area contributed by atoms with Gasteiger partial charge in [-0.15, -0.1) is 11.3 Å². The zero-order valence-corrected chi connectivity index (χ0v) is 14.6. The summed E-state index contributed by atoms with van der Waals surface area (Å²) in [6.45, 7) is 2.50. The lowest BCUT2D eigenvalue weighted by Gasteiger charge is -2.21. The van der Waals surface area contributed by atoms with Crippen molar-refractivity contribution in [2.24, 2.45) is 0 Å². The van der Waals surface area contributed by atoms with E-state index in [9.17, 15) is 9.59 Å². The molecule has 25 heavy (non-hydrogen) atoms. The Morgan fingerprint density at radius 1 is 0.920 bits per heavy atom. The van der Waals surface area contributed by atoms with Crippen LogP contribution in [-0.4, -0.2) is 52.8 Å². The van der Waals surface area contributed by atoms with Gasteiger partial charge in [0.05, 0.1) is 10.4 Å².